The van der Waals surface area contributed by atoms with Crippen molar-refractivity contribution in [3.8, 4) is 0 Å². The quantitative estimate of drug-likeness (QED) is 0.728. The third kappa shape index (κ3) is 5.81. The van der Waals surface area contributed by atoms with Crippen LogP contribution in [0.5, 0.6) is 0 Å². The maximum atomic E-state index is 12.5. The fraction of sp³-hybridized carbons (Fsp3) is 0.591. The zero-order valence-electron chi connectivity index (χ0n) is 16.7. The lowest BCUT2D eigenvalue weighted by Crippen LogP contribution is -2.48. The van der Waals surface area contributed by atoms with Crippen LogP contribution in [0.25, 0.3) is 6.08 Å². The molecule has 5 heteroatoms. The first kappa shape index (κ1) is 20.4. The minimum Gasteiger partial charge on any atom is -0.373 e. The lowest BCUT2D eigenvalue weighted by molar-refractivity contribution is -0.127. The van der Waals surface area contributed by atoms with Gasteiger partial charge in [0.1, 0.15) is 0 Å². The number of hydrogen-bond donors (Lipinski definition) is 0. The van der Waals surface area contributed by atoms with Gasteiger partial charge in [-0.05, 0) is 62.8 Å². The van der Waals surface area contributed by atoms with E-state index in [1.165, 1.54) is 0 Å². The summed E-state index contributed by atoms with van der Waals surface area (Å²) >= 11 is 6.15. The number of amides is 1. The summed E-state index contributed by atoms with van der Waals surface area (Å²) in [6, 6.07) is 5.87. The maximum absolute atomic E-state index is 12.5. The first-order valence-corrected chi connectivity index (χ1v) is 10.4. The van der Waals surface area contributed by atoms with Crippen molar-refractivity contribution in [3.05, 3.63) is 40.4 Å². The van der Waals surface area contributed by atoms with Gasteiger partial charge in [0.25, 0.3) is 0 Å². The van der Waals surface area contributed by atoms with E-state index in [0.717, 1.165) is 61.7 Å². The van der Waals surface area contributed by atoms with E-state index in [0.29, 0.717) is 18.1 Å². The van der Waals surface area contributed by atoms with Gasteiger partial charge in [-0.15, -0.1) is 0 Å². The van der Waals surface area contributed by atoms with E-state index in [9.17, 15) is 4.79 Å². The number of rotatable bonds is 4. The summed E-state index contributed by atoms with van der Waals surface area (Å²) in [5.41, 5.74) is 2.01. The average Bonchev–Trinajstić information content (AvgIpc) is 2.62. The Morgan fingerprint density at radius 1 is 1.22 bits per heavy atom. The van der Waals surface area contributed by atoms with Crippen LogP contribution < -0.4 is 0 Å². The van der Waals surface area contributed by atoms with E-state index in [4.69, 9.17) is 16.3 Å². The van der Waals surface area contributed by atoms with Crippen LogP contribution in [0.3, 0.4) is 0 Å². The fourth-order valence-electron chi connectivity index (χ4n) is 4.12. The molecule has 148 valence electrons. The molecule has 1 amide bonds. The van der Waals surface area contributed by atoms with Gasteiger partial charge in [0.15, 0.2) is 0 Å². The molecular formula is C22H31ClN2O2. The number of hydrogen-bond acceptors (Lipinski definition) is 3. The van der Waals surface area contributed by atoms with Gasteiger partial charge in [0.2, 0.25) is 5.91 Å². The molecule has 1 aromatic carbocycles. The third-order valence-electron chi connectivity index (χ3n) is 5.55. The molecule has 1 aromatic rings. The van der Waals surface area contributed by atoms with E-state index in [1.807, 2.05) is 36.1 Å². The highest BCUT2D eigenvalue weighted by molar-refractivity contribution is 6.31. The summed E-state index contributed by atoms with van der Waals surface area (Å²) in [5.74, 6) is 0.769. The van der Waals surface area contributed by atoms with Crippen LogP contribution in [-0.2, 0) is 9.53 Å². The Labute approximate surface area is 168 Å². The maximum Gasteiger partial charge on any atom is 0.246 e. The second kappa shape index (κ2) is 9.22. The second-order valence-electron chi connectivity index (χ2n) is 8.09. The molecule has 2 fully saturated rings. The fourth-order valence-corrected chi connectivity index (χ4v) is 4.31. The van der Waals surface area contributed by atoms with E-state index < -0.39 is 0 Å². The summed E-state index contributed by atoms with van der Waals surface area (Å²) < 4.78 is 5.82. The van der Waals surface area contributed by atoms with Crippen molar-refractivity contribution < 1.29 is 9.53 Å². The Balaban J connectivity index is 1.46. The van der Waals surface area contributed by atoms with Gasteiger partial charge >= 0.3 is 0 Å². The van der Waals surface area contributed by atoms with Crippen LogP contribution in [-0.4, -0.2) is 60.6 Å². The summed E-state index contributed by atoms with van der Waals surface area (Å²) in [5, 5.41) is 0.733. The van der Waals surface area contributed by atoms with Crippen LogP contribution in [0.15, 0.2) is 24.3 Å². The minimum atomic E-state index is 0.0961. The van der Waals surface area contributed by atoms with Gasteiger partial charge in [0, 0.05) is 43.8 Å². The molecule has 0 aliphatic carbocycles. The predicted molar refractivity (Wildman–Crippen MR) is 111 cm³/mol. The molecule has 0 saturated carbocycles. The number of aryl methyl sites for hydroxylation is 1. The number of carbonyl (C=O) groups excluding carboxylic acids is 1. The zero-order chi connectivity index (χ0) is 19.4. The highest BCUT2D eigenvalue weighted by Gasteiger charge is 2.27. The lowest BCUT2D eigenvalue weighted by Gasteiger charge is -2.39. The van der Waals surface area contributed by atoms with Crippen molar-refractivity contribution in [1.29, 1.82) is 0 Å². The van der Waals surface area contributed by atoms with Gasteiger partial charge in [-0.2, -0.15) is 0 Å². The van der Waals surface area contributed by atoms with Crippen LogP contribution in [0.1, 0.15) is 37.8 Å². The smallest absolute Gasteiger partial charge is 0.246 e. The van der Waals surface area contributed by atoms with Gasteiger partial charge in [-0.1, -0.05) is 23.7 Å². The lowest BCUT2D eigenvalue weighted by atomic mass is 9.95. The highest BCUT2D eigenvalue weighted by atomic mass is 35.5. The van der Waals surface area contributed by atoms with Crippen molar-refractivity contribution in [2.24, 2.45) is 5.92 Å². The van der Waals surface area contributed by atoms with Crippen molar-refractivity contribution in [3.63, 3.8) is 0 Å². The van der Waals surface area contributed by atoms with Gasteiger partial charge < -0.3 is 9.64 Å². The molecule has 0 aromatic heterocycles. The van der Waals surface area contributed by atoms with Crippen LogP contribution in [0.2, 0.25) is 5.02 Å². The van der Waals surface area contributed by atoms with Crippen molar-refractivity contribution in [1.82, 2.24) is 9.80 Å². The van der Waals surface area contributed by atoms with E-state index in [-0.39, 0.29) is 5.91 Å². The molecule has 2 aliphatic rings. The van der Waals surface area contributed by atoms with Gasteiger partial charge in [0.05, 0.1) is 12.2 Å². The average molecular weight is 391 g/mol. The number of piperidine rings is 1. The molecule has 4 nitrogen and oxygen atoms in total. The molecular weight excluding hydrogens is 360 g/mol. The number of halogens is 1. The van der Waals surface area contributed by atoms with Crippen molar-refractivity contribution in [2.75, 3.05) is 32.7 Å². The molecule has 2 unspecified atom stereocenters. The molecule has 3 rings (SSSR count). The van der Waals surface area contributed by atoms with Crippen LogP contribution in [0.4, 0.5) is 0 Å². The first-order valence-electron chi connectivity index (χ1n) is 10.0. The summed E-state index contributed by atoms with van der Waals surface area (Å²) in [6.07, 6.45) is 6.32. The third-order valence-corrected chi connectivity index (χ3v) is 5.96. The molecule has 2 heterocycles. The highest BCUT2D eigenvalue weighted by Crippen LogP contribution is 2.22. The van der Waals surface area contributed by atoms with Crippen molar-refractivity contribution in [2.45, 2.75) is 45.8 Å². The molecule has 0 spiro atoms. The SMILES string of the molecule is Cc1ccc(/C=C/C(=O)N2CCC(CN3CC(C)OC(C)C3)CC2)cc1Cl. The van der Waals surface area contributed by atoms with E-state index in [2.05, 4.69) is 18.7 Å². The Bertz CT molecular complexity index is 673. The number of morpholine rings is 1. The van der Waals surface area contributed by atoms with Crippen molar-refractivity contribution >= 4 is 23.6 Å². The Morgan fingerprint density at radius 3 is 2.52 bits per heavy atom. The van der Waals surface area contributed by atoms with E-state index in [1.54, 1.807) is 6.08 Å². The van der Waals surface area contributed by atoms with Gasteiger partial charge in [-0.3, -0.25) is 9.69 Å². The molecule has 0 bridgehead atoms. The number of ether oxygens (including phenoxy) is 1. The normalized spacial score (nSPS) is 25.3. The number of benzene rings is 1. The molecule has 27 heavy (non-hydrogen) atoms. The monoisotopic (exact) mass is 390 g/mol. The van der Waals surface area contributed by atoms with E-state index >= 15 is 0 Å². The second-order valence-corrected chi connectivity index (χ2v) is 8.49. The molecule has 0 radical (unpaired) electrons. The van der Waals surface area contributed by atoms with Crippen LogP contribution >= 0.6 is 11.6 Å². The standard InChI is InChI=1S/C22H31ClN2O2/c1-16-4-5-19(12-21(16)23)6-7-22(26)25-10-8-20(9-11-25)15-24-13-17(2)27-18(3)14-24/h4-7,12,17-18,20H,8-11,13-15H2,1-3H3/b7-6+. The molecule has 2 atom stereocenters. The molecule has 2 aliphatic heterocycles. The topological polar surface area (TPSA) is 32.8 Å². The number of carbonyl (C=O) groups is 1. The Morgan fingerprint density at radius 2 is 1.89 bits per heavy atom. The first-order chi connectivity index (χ1) is 12.9. The number of nitrogens with zero attached hydrogens (tertiary/aromatic N) is 2. The summed E-state index contributed by atoms with van der Waals surface area (Å²) in [6.45, 7) is 11.1. The molecule has 0 N–H and O–H groups in total. The summed E-state index contributed by atoms with van der Waals surface area (Å²) in [7, 11) is 0. The Kier molecular flexibility index (Phi) is 6.96. The Hall–Kier alpha value is -1.36. The van der Waals surface area contributed by atoms with Gasteiger partial charge in [-0.25, -0.2) is 0 Å². The van der Waals surface area contributed by atoms with Crippen LogP contribution in [0, 0.1) is 12.8 Å². The largest absolute Gasteiger partial charge is 0.373 e. The number of likely N-dealkylation sites (tertiary alicyclic amines) is 1. The predicted octanol–water partition coefficient (Wildman–Crippen LogP) is 4.01. The molecule has 2 saturated heterocycles. The minimum absolute atomic E-state index is 0.0961. The zero-order valence-corrected chi connectivity index (χ0v) is 17.4. The summed E-state index contributed by atoms with van der Waals surface area (Å²) in [4.78, 5) is 17.0.